The van der Waals surface area contributed by atoms with E-state index in [2.05, 4.69) is 24.9 Å². The highest BCUT2D eigenvalue weighted by Gasteiger charge is 2.12. The van der Waals surface area contributed by atoms with E-state index in [0.29, 0.717) is 6.04 Å². The molecule has 0 saturated heterocycles. The van der Waals surface area contributed by atoms with Crippen molar-refractivity contribution in [2.45, 2.75) is 25.8 Å². The van der Waals surface area contributed by atoms with E-state index in [1.165, 1.54) is 10.9 Å². The third-order valence-corrected chi connectivity index (χ3v) is 4.11. The van der Waals surface area contributed by atoms with Gasteiger partial charge in [0, 0.05) is 15.6 Å². The van der Waals surface area contributed by atoms with Gasteiger partial charge in [-0.05, 0) is 49.0 Å². The first kappa shape index (κ1) is 13.2. The molecule has 0 amide bonds. The van der Waals surface area contributed by atoms with E-state index in [4.69, 9.17) is 0 Å². The maximum atomic E-state index is 13.2. The fourth-order valence-electron chi connectivity index (χ4n) is 1.99. The van der Waals surface area contributed by atoms with Crippen molar-refractivity contribution in [2.75, 3.05) is 6.54 Å². The van der Waals surface area contributed by atoms with Crippen LogP contribution >= 0.6 is 11.3 Å². The molecule has 0 bridgehead atoms. The Bertz CT molecular complexity index is 532. The normalized spacial score (nSPS) is 12.8. The Morgan fingerprint density at radius 2 is 2.28 bits per heavy atom. The second-order valence-corrected chi connectivity index (χ2v) is 5.48. The van der Waals surface area contributed by atoms with Gasteiger partial charge in [-0.1, -0.05) is 13.0 Å². The van der Waals surface area contributed by atoms with E-state index in [1.807, 2.05) is 12.1 Å². The third-order valence-electron chi connectivity index (χ3n) is 2.88. The average Bonchev–Trinajstić information content (AvgIpc) is 2.77. The first-order chi connectivity index (χ1) is 8.74. The van der Waals surface area contributed by atoms with E-state index in [1.54, 1.807) is 17.4 Å². The SMILES string of the molecule is C=CCC(NCCC)c1cc2cc(F)ccc2s1. The summed E-state index contributed by atoms with van der Waals surface area (Å²) < 4.78 is 14.3. The predicted molar refractivity (Wildman–Crippen MR) is 77.6 cm³/mol. The fraction of sp³-hybridized carbons (Fsp3) is 0.333. The second kappa shape index (κ2) is 6.12. The number of rotatable bonds is 6. The van der Waals surface area contributed by atoms with Gasteiger partial charge in [-0.2, -0.15) is 0 Å². The molecule has 1 N–H and O–H groups in total. The Morgan fingerprint density at radius 1 is 1.44 bits per heavy atom. The van der Waals surface area contributed by atoms with Gasteiger partial charge in [0.25, 0.3) is 0 Å². The molecule has 1 aromatic heterocycles. The number of hydrogen-bond acceptors (Lipinski definition) is 2. The van der Waals surface area contributed by atoms with Crippen molar-refractivity contribution in [3.8, 4) is 0 Å². The molecular weight excluding hydrogens is 245 g/mol. The number of hydrogen-bond donors (Lipinski definition) is 1. The van der Waals surface area contributed by atoms with Crippen LogP contribution in [0.2, 0.25) is 0 Å². The average molecular weight is 263 g/mol. The van der Waals surface area contributed by atoms with Crippen molar-refractivity contribution in [1.82, 2.24) is 5.32 Å². The maximum Gasteiger partial charge on any atom is 0.123 e. The number of nitrogens with one attached hydrogen (secondary N) is 1. The lowest BCUT2D eigenvalue weighted by atomic mass is 10.1. The van der Waals surface area contributed by atoms with Gasteiger partial charge >= 0.3 is 0 Å². The van der Waals surface area contributed by atoms with Crippen LogP contribution in [0, 0.1) is 5.82 Å². The zero-order valence-corrected chi connectivity index (χ0v) is 11.4. The molecule has 1 unspecified atom stereocenters. The molecule has 2 rings (SSSR count). The van der Waals surface area contributed by atoms with Crippen LogP contribution in [0.25, 0.3) is 10.1 Å². The van der Waals surface area contributed by atoms with Crippen LogP contribution in [0.5, 0.6) is 0 Å². The molecule has 18 heavy (non-hydrogen) atoms. The van der Waals surface area contributed by atoms with Gasteiger partial charge in [0.05, 0.1) is 0 Å². The van der Waals surface area contributed by atoms with Gasteiger partial charge in [0.1, 0.15) is 5.82 Å². The van der Waals surface area contributed by atoms with Crippen LogP contribution in [-0.2, 0) is 0 Å². The zero-order valence-electron chi connectivity index (χ0n) is 10.6. The van der Waals surface area contributed by atoms with Gasteiger partial charge < -0.3 is 5.32 Å². The van der Waals surface area contributed by atoms with E-state index in [9.17, 15) is 4.39 Å². The summed E-state index contributed by atoms with van der Waals surface area (Å²) in [5.41, 5.74) is 0. The van der Waals surface area contributed by atoms with Crippen molar-refractivity contribution in [3.63, 3.8) is 0 Å². The minimum absolute atomic E-state index is 0.173. The second-order valence-electron chi connectivity index (χ2n) is 4.36. The summed E-state index contributed by atoms with van der Waals surface area (Å²) >= 11 is 1.73. The van der Waals surface area contributed by atoms with Crippen molar-refractivity contribution < 1.29 is 4.39 Å². The highest BCUT2D eigenvalue weighted by molar-refractivity contribution is 7.19. The molecule has 96 valence electrons. The predicted octanol–water partition coefficient (Wildman–Crippen LogP) is 4.66. The van der Waals surface area contributed by atoms with Crippen molar-refractivity contribution >= 4 is 21.4 Å². The van der Waals surface area contributed by atoms with Crippen LogP contribution in [-0.4, -0.2) is 6.54 Å². The van der Waals surface area contributed by atoms with Gasteiger partial charge in [-0.15, -0.1) is 17.9 Å². The quantitative estimate of drug-likeness (QED) is 0.748. The molecule has 3 heteroatoms. The summed E-state index contributed by atoms with van der Waals surface area (Å²) in [6, 6.07) is 7.34. The molecule has 0 spiro atoms. The molecule has 0 aliphatic carbocycles. The number of fused-ring (bicyclic) bond motifs is 1. The smallest absolute Gasteiger partial charge is 0.123 e. The van der Waals surface area contributed by atoms with Crippen LogP contribution in [0.1, 0.15) is 30.7 Å². The highest BCUT2D eigenvalue weighted by Crippen LogP contribution is 2.31. The molecule has 0 aliphatic rings. The molecule has 1 aromatic carbocycles. The van der Waals surface area contributed by atoms with Gasteiger partial charge in [0.2, 0.25) is 0 Å². The largest absolute Gasteiger partial charge is 0.309 e. The first-order valence-corrected chi connectivity index (χ1v) is 7.09. The lowest BCUT2D eigenvalue weighted by Gasteiger charge is -2.14. The summed E-state index contributed by atoms with van der Waals surface area (Å²) in [4.78, 5) is 1.25. The Labute approximate surface area is 111 Å². The number of thiophene rings is 1. The lowest BCUT2D eigenvalue weighted by molar-refractivity contribution is 0.545. The molecular formula is C15H18FNS. The van der Waals surface area contributed by atoms with E-state index >= 15 is 0 Å². The summed E-state index contributed by atoms with van der Waals surface area (Å²) in [5.74, 6) is -0.173. The molecule has 1 atom stereocenters. The Hall–Kier alpha value is -1.19. The molecule has 0 fully saturated rings. The van der Waals surface area contributed by atoms with E-state index in [-0.39, 0.29) is 5.82 Å². The van der Waals surface area contributed by atoms with Gasteiger partial charge in [-0.3, -0.25) is 0 Å². The highest BCUT2D eigenvalue weighted by atomic mass is 32.1. The van der Waals surface area contributed by atoms with Crippen LogP contribution < -0.4 is 5.32 Å². The van der Waals surface area contributed by atoms with Crippen molar-refractivity contribution in [2.24, 2.45) is 0 Å². The van der Waals surface area contributed by atoms with Gasteiger partial charge in [-0.25, -0.2) is 4.39 Å². The summed E-state index contributed by atoms with van der Waals surface area (Å²) in [5, 5.41) is 4.50. The zero-order chi connectivity index (χ0) is 13.0. The Morgan fingerprint density at radius 3 is 3.00 bits per heavy atom. The minimum Gasteiger partial charge on any atom is -0.309 e. The standard InChI is InChI=1S/C15H18FNS/c1-3-5-13(17-8-4-2)15-10-11-9-12(16)6-7-14(11)18-15/h3,6-7,9-10,13,17H,1,4-5,8H2,2H3. The molecule has 2 aromatic rings. The third kappa shape index (κ3) is 2.98. The summed E-state index contributed by atoms with van der Waals surface area (Å²) in [6.45, 7) is 6.95. The maximum absolute atomic E-state index is 13.2. The summed E-state index contributed by atoms with van der Waals surface area (Å²) in [7, 11) is 0. The van der Waals surface area contributed by atoms with Crippen molar-refractivity contribution in [1.29, 1.82) is 0 Å². The summed E-state index contributed by atoms with van der Waals surface area (Å²) in [6.07, 6.45) is 3.93. The van der Waals surface area contributed by atoms with Crippen LogP contribution in [0.3, 0.4) is 0 Å². The van der Waals surface area contributed by atoms with Crippen LogP contribution in [0.4, 0.5) is 4.39 Å². The van der Waals surface area contributed by atoms with E-state index in [0.717, 1.165) is 29.5 Å². The molecule has 1 heterocycles. The van der Waals surface area contributed by atoms with E-state index < -0.39 is 0 Å². The lowest BCUT2D eigenvalue weighted by Crippen LogP contribution is -2.20. The molecule has 0 saturated carbocycles. The molecule has 0 radical (unpaired) electrons. The number of benzene rings is 1. The fourth-order valence-corrected chi connectivity index (χ4v) is 3.13. The molecule has 1 nitrogen and oxygen atoms in total. The number of halogens is 1. The van der Waals surface area contributed by atoms with Crippen molar-refractivity contribution in [3.05, 3.63) is 47.6 Å². The Balaban J connectivity index is 2.28. The molecule has 0 aliphatic heterocycles. The Kier molecular flexibility index (Phi) is 4.50. The van der Waals surface area contributed by atoms with Gasteiger partial charge in [0.15, 0.2) is 0 Å². The monoisotopic (exact) mass is 263 g/mol. The van der Waals surface area contributed by atoms with Crippen LogP contribution in [0.15, 0.2) is 36.9 Å². The first-order valence-electron chi connectivity index (χ1n) is 6.28. The minimum atomic E-state index is -0.173. The topological polar surface area (TPSA) is 12.0 Å².